The maximum atomic E-state index is 5.99. The molecule has 2 atom stereocenters. The van der Waals surface area contributed by atoms with E-state index in [9.17, 15) is 0 Å². The highest BCUT2D eigenvalue weighted by atomic mass is 33.1. The van der Waals surface area contributed by atoms with E-state index in [1.54, 1.807) is 0 Å². The van der Waals surface area contributed by atoms with E-state index in [4.69, 9.17) is 18.9 Å². The molecule has 2 aromatic rings. The Hall–Kier alpha value is -1.82. The highest BCUT2D eigenvalue weighted by Crippen LogP contribution is 2.31. The molecule has 0 aromatic heterocycles. The average Bonchev–Trinajstić information content (AvgIpc) is 3.06. The normalized spacial score (nSPS) is 17.1. The number of hydrogen-bond donors (Lipinski definition) is 4. The summed E-state index contributed by atoms with van der Waals surface area (Å²) in [7, 11) is 3.98. The summed E-state index contributed by atoms with van der Waals surface area (Å²) in [6.07, 6.45) is 10.3. The first-order valence-electron chi connectivity index (χ1n) is 16.7. The Bertz CT molecular complexity index is 941. The molecule has 246 valence electrons. The van der Waals surface area contributed by atoms with E-state index >= 15 is 0 Å². The van der Waals surface area contributed by atoms with Gasteiger partial charge in [-0.05, 0) is 76.1 Å². The Morgan fingerprint density at radius 1 is 0.477 bits per heavy atom. The summed E-state index contributed by atoms with van der Waals surface area (Å²) in [4.78, 5) is 0. The van der Waals surface area contributed by atoms with Crippen LogP contribution in [-0.2, 0) is 0 Å². The van der Waals surface area contributed by atoms with E-state index in [0.29, 0.717) is 13.2 Å². The van der Waals surface area contributed by atoms with Gasteiger partial charge in [-0.2, -0.15) is 0 Å². The molecule has 2 aliphatic heterocycles. The SMILES string of the molecule is c1ccc2c(c1)OC[C@H](CNCCCCCCNCCSSCCNCCCCCCNC[C@H]1COc3ccccc3O1)O2. The largest absolute Gasteiger partial charge is 0.486 e. The van der Waals surface area contributed by atoms with Gasteiger partial charge in [0.1, 0.15) is 25.4 Å². The molecule has 0 saturated heterocycles. The molecule has 44 heavy (non-hydrogen) atoms. The zero-order valence-electron chi connectivity index (χ0n) is 26.4. The second-order valence-electron chi connectivity index (χ2n) is 11.4. The zero-order chi connectivity index (χ0) is 30.3. The number of unbranched alkanes of at least 4 members (excludes halogenated alkanes) is 6. The van der Waals surface area contributed by atoms with Gasteiger partial charge in [0.2, 0.25) is 0 Å². The maximum absolute atomic E-state index is 5.99. The van der Waals surface area contributed by atoms with E-state index in [2.05, 4.69) is 21.3 Å². The fraction of sp³-hybridized carbons (Fsp3) is 0.647. The Labute approximate surface area is 273 Å². The van der Waals surface area contributed by atoms with Crippen LogP contribution in [0.25, 0.3) is 0 Å². The molecule has 8 nitrogen and oxygen atoms in total. The van der Waals surface area contributed by atoms with Crippen LogP contribution in [0.5, 0.6) is 23.0 Å². The second-order valence-corrected chi connectivity index (χ2v) is 14.1. The summed E-state index contributed by atoms with van der Waals surface area (Å²) >= 11 is 0. The number of nitrogens with one attached hydrogen (secondary N) is 4. The Morgan fingerprint density at radius 2 is 0.864 bits per heavy atom. The van der Waals surface area contributed by atoms with Crippen molar-refractivity contribution < 1.29 is 18.9 Å². The lowest BCUT2D eigenvalue weighted by Crippen LogP contribution is -2.38. The van der Waals surface area contributed by atoms with Crippen LogP contribution in [0.15, 0.2) is 48.5 Å². The molecule has 10 heteroatoms. The van der Waals surface area contributed by atoms with Crippen molar-refractivity contribution in [1.82, 2.24) is 21.3 Å². The van der Waals surface area contributed by atoms with Crippen molar-refractivity contribution in [2.24, 2.45) is 0 Å². The molecule has 2 aromatic carbocycles. The first kappa shape index (κ1) is 35.0. The summed E-state index contributed by atoms with van der Waals surface area (Å²) in [5.74, 6) is 5.76. The summed E-state index contributed by atoms with van der Waals surface area (Å²) in [6.45, 7) is 9.45. The van der Waals surface area contributed by atoms with E-state index in [1.165, 1.54) is 62.9 Å². The van der Waals surface area contributed by atoms with Crippen LogP contribution in [0.3, 0.4) is 0 Å². The van der Waals surface area contributed by atoms with Crippen LogP contribution in [0.4, 0.5) is 0 Å². The lowest BCUT2D eigenvalue weighted by Gasteiger charge is -2.26. The van der Waals surface area contributed by atoms with Crippen LogP contribution in [0.1, 0.15) is 51.4 Å². The maximum Gasteiger partial charge on any atom is 0.161 e. The molecule has 2 heterocycles. The number of hydrogen-bond acceptors (Lipinski definition) is 10. The number of ether oxygens (including phenoxy) is 4. The van der Waals surface area contributed by atoms with Gasteiger partial charge in [-0.3, -0.25) is 0 Å². The van der Waals surface area contributed by atoms with Gasteiger partial charge in [-0.25, -0.2) is 0 Å². The van der Waals surface area contributed by atoms with Crippen LogP contribution in [-0.4, -0.2) is 89.3 Å². The molecule has 0 spiro atoms. The van der Waals surface area contributed by atoms with Crippen molar-refractivity contribution in [1.29, 1.82) is 0 Å². The standard InChI is InChI=1S/C34H54N4O4S2/c1(3-11-19-37-25-29-27-39-31-13-5-7-15-33(31)41-29)9-17-35-21-23-43-44-24-22-36-18-10-2-4-12-20-38-26-30-28-40-32-14-6-8-16-34(32)42-30/h5-8,13-16,29-30,35-38H,1-4,9-12,17-28H2/t29-,30-/m0/s1. The third kappa shape index (κ3) is 14.5. The summed E-state index contributed by atoms with van der Waals surface area (Å²) in [6, 6.07) is 15.8. The third-order valence-electron chi connectivity index (χ3n) is 7.60. The quantitative estimate of drug-likeness (QED) is 0.0817. The van der Waals surface area contributed by atoms with Crippen molar-refractivity contribution >= 4 is 21.6 Å². The van der Waals surface area contributed by atoms with Crippen molar-refractivity contribution in [3.63, 3.8) is 0 Å². The van der Waals surface area contributed by atoms with Gasteiger partial charge < -0.3 is 40.2 Å². The smallest absolute Gasteiger partial charge is 0.161 e. The van der Waals surface area contributed by atoms with Crippen LogP contribution >= 0.6 is 21.6 Å². The van der Waals surface area contributed by atoms with E-state index in [-0.39, 0.29) is 12.2 Å². The monoisotopic (exact) mass is 646 g/mol. The molecule has 2 aliphatic rings. The van der Waals surface area contributed by atoms with E-state index in [1.807, 2.05) is 70.1 Å². The molecule has 4 N–H and O–H groups in total. The molecular weight excluding hydrogens is 593 g/mol. The molecule has 0 fully saturated rings. The Kier molecular flexibility index (Phi) is 18.0. The molecular formula is C34H54N4O4S2. The summed E-state index contributed by atoms with van der Waals surface area (Å²) in [5.41, 5.74) is 0. The van der Waals surface area contributed by atoms with Crippen LogP contribution < -0.4 is 40.2 Å². The average molecular weight is 647 g/mol. The van der Waals surface area contributed by atoms with Crippen LogP contribution in [0, 0.1) is 0 Å². The first-order chi connectivity index (χ1) is 21.9. The Balaban J connectivity index is 0.796. The molecule has 0 saturated carbocycles. The second kappa shape index (κ2) is 22.6. The van der Waals surface area contributed by atoms with Gasteiger partial charge in [0.25, 0.3) is 0 Å². The molecule has 4 rings (SSSR count). The highest BCUT2D eigenvalue weighted by molar-refractivity contribution is 8.76. The van der Waals surface area contributed by atoms with Crippen molar-refractivity contribution in [2.45, 2.75) is 63.6 Å². The van der Waals surface area contributed by atoms with Gasteiger partial charge in [-0.15, -0.1) is 0 Å². The minimum Gasteiger partial charge on any atom is -0.486 e. The fourth-order valence-electron chi connectivity index (χ4n) is 5.16. The van der Waals surface area contributed by atoms with Crippen molar-refractivity contribution in [3.8, 4) is 23.0 Å². The molecule has 0 radical (unpaired) electrons. The summed E-state index contributed by atoms with van der Waals surface area (Å²) < 4.78 is 23.5. The van der Waals surface area contributed by atoms with Gasteiger partial charge in [-0.1, -0.05) is 71.5 Å². The summed E-state index contributed by atoms with van der Waals surface area (Å²) in [5, 5.41) is 14.2. The van der Waals surface area contributed by atoms with Gasteiger partial charge >= 0.3 is 0 Å². The number of para-hydroxylation sites is 4. The minimum atomic E-state index is 0.0972. The third-order valence-corrected chi connectivity index (χ3v) is 10.0. The van der Waals surface area contributed by atoms with Gasteiger partial charge in [0.15, 0.2) is 23.0 Å². The van der Waals surface area contributed by atoms with Crippen LogP contribution in [0.2, 0.25) is 0 Å². The highest BCUT2D eigenvalue weighted by Gasteiger charge is 2.20. The lowest BCUT2D eigenvalue weighted by atomic mass is 10.2. The topological polar surface area (TPSA) is 85.0 Å². The number of benzene rings is 2. The predicted molar refractivity (Wildman–Crippen MR) is 186 cm³/mol. The van der Waals surface area contributed by atoms with Gasteiger partial charge in [0.05, 0.1) is 0 Å². The predicted octanol–water partition coefficient (Wildman–Crippen LogP) is 5.53. The Morgan fingerprint density at radius 3 is 1.30 bits per heavy atom. The lowest BCUT2D eigenvalue weighted by molar-refractivity contribution is 0.0905. The fourth-order valence-corrected chi connectivity index (χ4v) is 7.05. The number of rotatable bonds is 25. The molecule has 0 amide bonds. The molecule has 0 aliphatic carbocycles. The van der Waals surface area contributed by atoms with E-state index in [0.717, 1.165) is 75.4 Å². The molecule has 0 bridgehead atoms. The van der Waals surface area contributed by atoms with Crippen molar-refractivity contribution in [2.75, 3.05) is 77.1 Å². The number of fused-ring (bicyclic) bond motifs is 2. The zero-order valence-corrected chi connectivity index (χ0v) is 28.0. The van der Waals surface area contributed by atoms with Crippen molar-refractivity contribution in [3.05, 3.63) is 48.5 Å². The van der Waals surface area contributed by atoms with E-state index < -0.39 is 0 Å². The first-order valence-corrected chi connectivity index (χ1v) is 19.2. The molecule has 0 unspecified atom stereocenters. The van der Waals surface area contributed by atoms with Gasteiger partial charge in [0, 0.05) is 37.7 Å². The minimum absolute atomic E-state index is 0.0972.